The summed E-state index contributed by atoms with van der Waals surface area (Å²) < 4.78 is 5.51. The molecule has 0 bridgehead atoms. The fourth-order valence-corrected chi connectivity index (χ4v) is 13.9. The maximum atomic E-state index is 12.6. The van der Waals surface area contributed by atoms with Gasteiger partial charge in [0.2, 0.25) is 5.91 Å². The highest BCUT2D eigenvalue weighted by atomic mass is 16.5. The van der Waals surface area contributed by atoms with Crippen molar-refractivity contribution in [2.45, 2.75) is 508 Å². The first kappa shape index (κ1) is 89.6. The molecule has 91 heavy (non-hydrogen) atoms. The fraction of sp³-hybridized carbons (Fsp3) is 0.953. The number of ether oxygens (including phenoxy) is 1. The number of hydrogen-bond donors (Lipinski definition) is 3. The van der Waals surface area contributed by atoms with Gasteiger partial charge >= 0.3 is 5.97 Å². The van der Waals surface area contributed by atoms with E-state index in [-0.39, 0.29) is 18.5 Å². The van der Waals surface area contributed by atoms with Crippen molar-refractivity contribution < 1.29 is 24.5 Å². The number of esters is 1. The van der Waals surface area contributed by atoms with Crippen LogP contribution < -0.4 is 5.32 Å². The molecule has 1 amide bonds. The van der Waals surface area contributed by atoms with Gasteiger partial charge in [0.15, 0.2) is 0 Å². The molecule has 0 rings (SSSR count). The van der Waals surface area contributed by atoms with E-state index in [0.717, 1.165) is 38.5 Å². The van der Waals surface area contributed by atoms with Gasteiger partial charge < -0.3 is 20.3 Å². The molecule has 0 aromatic rings. The monoisotopic (exact) mass is 1280 g/mol. The van der Waals surface area contributed by atoms with E-state index in [2.05, 4.69) is 31.3 Å². The number of nitrogens with one attached hydrogen (secondary N) is 1. The van der Waals surface area contributed by atoms with Crippen LogP contribution in [0.4, 0.5) is 0 Å². The van der Waals surface area contributed by atoms with Crippen LogP contribution >= 0.6 is 0 Å². The largest absolute Gasteiger partial charge is 0.466 e. The van der Waals surface area contributed by atoms with Crippen molar-refractivity contribution in [2.75, 3.05) is 13.2 Å². The Morgan fingerprint density at radius 1 is 0.297 bits per heavy atom. The molecule has 0 aliphatic rings. The van der Waals surface area contributed by atoms with Gasteiger partial charge in [-0.2, -0.15) is 0 Å². The molecule has 0 aromatic heterocycles. The number of carbonyl (C=O) groups is 2. The van der Waals surface area contributed by atoms with Crippen molar-refractivity contribution in [1.29, 1.82) is 0 Å². The van der Waals surface area contributed by atoms with Crippen molar-refractivity contribution in [1.82, 2.24) is 5.32 Å². The number of allylic oxidation sites excluding steroid dienone is 2. The highest BCUT2D eigenvalue weighted by Crippen LogP contribution is 2.21. The van der Waals surface area contributed by atoms with Crippen molar-refractivity contribution in [3.8, 4) is 0 Å². The van der Waals surface area contributed by atoms with E-state index in [0.29, 0.717) is 25.9 Å². The highest BCUT2D eigenvalue weighted by molar-refractivity contribution is 5.76. The Morgan fingerprint density at radius 2 is 0.516 bits per heavy atom. The van der Waals surface area contributed by atoms with E-state index in [1.807, 2.05) is 0 Å². The van der Waals surface area contributed by atoms with Crippen molar-refractivity contribution >= 4 is 11.9 Å². The quantitative estimate of drug-likeness (QED) is 0.0320. The van der Waals surface area contributed by atoms with Gasteiger partial charge in [-0.05, 0) is 51.4 Å². The number of carbonyl (C=O) groups excluding carboxylic acids is 2. The lowest BCUT2D eigenvalue weighted by Gasteiger charge is -2.22. The van der Waals surface area contributed by atoms with Crippen molar-refractivity contribution in [3.05, 3.63) is 12.2 Å². The van der Waals surface area contributed by atoms with Crippen LogP contribution in [0.25, 0.3) is 0 Å². The maximum Gasteiger partial charge on any atom is 0.305 e. The predicted octanol–water partition coefficient (Wildman–Crippen LogP) is 28.2. The third kappa shape index (κ3) is 77.5. The lowest BCUT2D eigenvalue weighted by Crippen LogP contribution is -2.45. The van der Waals surface area contributed by atoms with Gasteiger partial charge in [0, 0.05) is 12.8 Å². The summed E-state index contributed by atoms with van der Waals surface area (Å²) in [5.74, 6) is -0.00202. The van der Waals surface area contributed by atoms with Crippen LogP contribution in [-0.2, 0) is 14.3 Å². The zero-order chi connectivity index (χ0) is 65.6. The molecule has 0 saturated carbocycles. The van der Waals surface area contributed by atoms with E-state index in [1.54, 1.807) is 0 Å². The average Bonchev–Trinajstić information content (AvgIpc) is 3.65. The molecular formula is C85H167NO5. The van der Waals surface area contributed by atoms with Crippen molar-refractivity contribution in [3.63, 3.8) is 0 Å². The third-order valence-corrected chi connectivity index (χ3v) is 20.3. The van der Waals surface area contributed by atoms with Gasteiger partial charge in [-0.25, -0.2) is 0 Å². The molecule has 6 heteroatoms. The van der Waals surface area contributed by atoms with E-state index < -0.39 is 12.1 Å². The summed E-state index contributed by atoms with van der Waals surface area (Å²) in [4.78, 5) is 24.7. The Kier molecular flexibility index (Phi) is 79.8. The summed E-state index contributed by atoms with van der Waals surface area (Å²) in [7, 11) is 0. The molecule has 2 unspecified atom stereocenters. The van der Waals surface area contributed by atoms with Gasteiger partial charge in [0.05, 0.1) is 25.4 Å². The second-order valence-corrected chi connectivity index (χ2v) is 29.5. The topological polar surface area (TPSA) is 95.9 Å². The summed E-state index contributed by atoms with van der Waals surface area (Å²) in [6.07, 6.45) is 103. The van der Waals surface area contributed by atoms with Gasteiger partial charge in [-0.3, -0.25) is 9.59 Å². The average molecular weight is 1280 g/mol. The Bertz CT molecular complexity index is 1380. The highest BCUT2D eigenvalue weighted by Gasteiger charge is 2.20. The number of rotatable bonds is 81. The minimum atomic E-state index is -0.661. The standard InChI is InChI=1S/C85H167NO5/c1-3-5-7-9-11-13-15-17-19-21-22-42-46-49-53-57-61-65-69-73-77-83(88)82(81-87)86-84(89)78-74-70-66-62-58-54-50-47-43-40-38-36-34-32-30-28-26-24-23-25-27-29-31-33-35-37-39-41-44-48-52-56-60-64-68-72-76-80-91-85(90)79-75-71-67-63-59-55-51-45-20-18-16-14-12-10-8-6-4-2/h18,20,82-83,87-88H,3-17,19,21-81H2,1-2H3,(H,86,89)/b20-18-. The molecule has 0 spiro atoms. The van der Waals surface area contributed by atoms with Crippen LogP contribution in [-0.4, -0.2) is 47.4 Å². The number of unbranched alkanes of at least 4 members (excludes halogenated alkanes) is 68. The van der Waals surface area contributed by atoms with E-state index in [4.69, 9.17) is 4.74 Å². The van der Waals surface area contributed by atoms with Crippen LogP contribution in [0.1, 0.15) is 495 Å². The molecule has 542 valence electrons. The molecule has 0 aromatic carbocycles. The second kappa shape index (κ2) is 81.0. The first-order chi connectivity index (χ1) is 45.0. The molecule has 3 N–H and O–H groups in total. The minimum Gasteiger partial charge on any atom is -0.466 e. The Hall–Kier alpha value is -1.40. The van der Waals surface area contributed by atoms with Gasteiger partial charge in [0.1, 0.15) is 0 Å². The van der Waals surface area contributed by atoms with Gasteiger partial charge in [-0.1, -0.05) is 443 Å². The summed E-state index contributed by atoms with van der Waals surface area (Å²) in [5, 5.41) is 23.5. The summed E-state index contributed by atoms with van der Waals surface area (Å²) in [6.45, 7) is 5.01. The third-order valence-electron chi connectivity index (χ3n) is 20.3. The smallest absolute Gasteiger partial charge is 0.305 e. The molecule has 2 atom stereocenters. The molecular weight excluding hydrogens is 1110 g/mol. The van der Waals surface area contributed by atoms with Crippen LogP contribution in [0.3, 0.4) is 0 Å². The van der Waals surface area contributed by atoms with E-state index in [9.17, 15) is 19.8 Å². The molecule has 0 aliphatic carbocycles. The van der Waals surface area contributed by atoms with E-state index in [1.165, 1.54) is 424 Å². The summed E-state index contributed by atoms with van der Waals surface area (Å²) >= 11 is 0. The molecule has 0 heterocycles. The Labute approximate surface area is 571 Å². The van der Waals surface area contributed by atoms with Crippen LogP contribution in [0.15, 0.2) is 12.2 Å². The second-order valence-electron chi connectivity index (χ2n) is 29.5. The lowest BCUT2D eigenvalue weighted by atomic mass is 10.0. The normalized spacial score (nSPS) is 12.4. The van der Waals surface area contributed by atoms with Crippen molar-refractivity contribution in [2.24, 2.45) is 0 Å². The molecule has 0 saturated heterocycles. The Balaban J connectivity index is 3.29. The molecule has 0 fully saturated rings. The molecule has 0 radical (unpaired) electrons. The SMILES string of the molecule is CCCCCCCC/C=C\CCCCCCCCCC(=O)OCCCCCCCCCCCCCCCCCCCCCCCCCCCCCCCCCCCCCCCC(=O)NC(CO)C(O)CCCCCCCCCCCCCCCCCCCCCC. The minimum absolute atomic E-state index is 0.0214. The van der Waals surface area contributed by atoms with Gasteiger partial charge in [0.25, 0.3) is 0 Å². The summed E-state index contributed by atoms with van der Waals surface area (Å²) in [6, 6.07) is -0.537. The zero-order valence-corrected chi connectivity index (χ0v) is 62.4. The van der Waals surface area contributed by atoms with Crippen LogP contribution in [0, 0.1) is 0 Å². The van der Waals surface area contributed by atoms with Crippen LogP contribution in [0.5, 0.6) is 0 Å². The molecule has 6 nitrogen and oxygen atoms in total. The Morgan fingerprint density at radius 3 is 0.780 bits per heavy atom. The lowest BCUT2D eigenvalue weighted by molar-refractivity contribution is -0.143. The van der Waals surface area contributed by atoms with E-state index >= 15 is 0 Å². The first-order valence-electron chi connectivity index (χ1n) is 42.4. The predicted molar refractivity (Wildman–Crippen MR) is 403 cm³/mol. The summed E-state index contributed by atoms with van der Waals surface area (Å²) in [5.41, 5.74) is 0. The molecule has 0 aliphatic heterocycles. The maximum absolute atomic E-state index is 12.6. The number of amides is 1. The fourth-order valence-electron chi connectivity index (χ4n) is 13.9. The first-order valence-corrected chi connectivity index (χ1v) is 42.4. The van der Waals surface area contributed by atoms with Gasteiger partial charge in [-0.15, -0.1) is 0 Å². The zero-order valence-electron chi connectivity index (χ0n) is 62.4. The number of aliphatic hydroxyl groups excluding tert-OH is 2. The number of hydrogen-bond acceptors (Lipinski definition) is 5. The van der Waals surface area contributed by atoms with Crippen LogP contribution in [0.2, 0.25) is 0 Å². The number of aliphatic hydroxyl groups is 2.